The molecule has 124 heavy (non-hydrogen) atoms. The van der Waals surface area contributed by atoms with Crippen molar-refractivity contribution in [2.24, 2.45) is 112 Å². The first-order chi connectivity index (χ1) is 57.5. The number of rotatable bonds is 37. The van der Waals surface area contributed by atoms with E-state index in [4.69, 9.17) is 6.42 Å². The molecule has 1 aliphatic heterocycles. The van der Waals surface area contributed by atoms with Gasteiger partial charge >= 0.3 is 23.1 Å². The van der Waals surface area contributed by atoms with Gasteiger partial charge in [-0.2, -0.15) is 0 Å². The first-order valence-electron chi connectivity index (χ1n) is 49.4. The highest BCUT2D eigenvalue weighted by Crippen LogP contribution is 2.48. The number of imide groups is 1. The van der Waals surface area contributed by atoms with Gasteiger partial charge in [-0.15, -0.1) is 18.9 Å². The Labute approximate surface area is 765 Å². The third-order valence-electron chi connectivity index (χ3n) is 19.9. The van der Waals surface area contributed by atoms with Crippen LogP contribution in [-0.2, 0) is 31.0 Å². The predicted octanol–water partition coefficient (Wildman–Crippen LogP) is 28.4. The summed E-state index contributed by atoms with van der Waals surface area (Å²) in [6.07, 6.45) is 47.6. The van der Waals surface area contributed by atoms with Crippen LogP contribution in [0, 0.1) is 146 Å². The van der Waals surface area contributed by atoms with Crippen LogP contribution in [0.4, 0.5) is 4.79 Å². The number of carbonyl (C=O) groups excluding carboxylic acids is 2. The standard InChI is InChI=1S/C16H28N2O2.C14H24N2O2.C11H24.C11H22.2C9H14N2O2.C8H16.3C6H14.C6H12.C6H10/c1-9(2)6-7-12-11(5)13-14(12)18(8-10(3)4)16(20)17-15(13)19;1-10(2)6-7-16-13(17)12(5)9-15(14(16)18)8-11(3)4;2*1-10(2)8-6-5-7-9-11(3)4;2*1-6(2)4-11-5-7(3)8(12)10-9(11)13;1-4-5-6-7-8(2)3;5*1-4-5-6(2)3/h9-14H,6-8H2,1-5H3,(H,17,19,20);9-11H,6-8H2,1-5H3;10-11H,5-9H2,1-4H3;5-6,10-11H,7-9H2,1-4H3;2*5-6H,4H2,1-3H3,(H,10,12,13);4-5,8H,6-7H2,1-3H3;3*6H,4-5H2,1-3H3;4,6H,1,5H2,2-3H3;1,6H,5H2,2-3H3. The Morgan fingerprint density at radius 1 is 0.419 bits per heavy atom. The molecule has 4 atom stereocenters. The van der Waals surface area contributed by atoms with Gasteiger partial charge in [-0.1, -0.05) is 357 Å². The number of aromatic nitrogens is 6. The molecule has 1 saturated carbocycles. The molecule has 0 spiro atoms. The Kier molecular flexibility index (Phi) is 84.5. The molecule has 726 valence electrons. The van der Waals surface area contributed by atoms with Crippen molar-refractivity contribution in [2.75, 3.05) is 6.54 Å². The van der Waals surface area contributed by atoms with E-state index in [-0.39, 0.29) is 57.6 Å². The maximum atomic E-state index is 12.2. The highest BCUT2D eigenvalue weighted by molar-refractivity contribution is 5.99. The molecule has 1 aliphatic carbocycles. The summed E-state index contributed by atoms with van der Waals surface area (Å²) in [6.45, 7) is 92.8. The van der Waals surface area contributed by atoms with Gasteiger partial charge in [0.15, 0.2) is 0 Å². The Hall–Kier alpha value is -6.24. The van der Waals surface area contributed by atoms with Crippen LogP contribution in [0.1, 0.15) is 408 Å². The van der Waals surface area contributed by atoms with Crippen molar-refractivity contribution in [3.8, 4) is 12.3 Å². The number of amides is 3. The number of aromatic amines is 2. The summed E-state index contributed by atoms with van der Waals surface area (Å²) < 4.78 is 6.09. The number of hydrogen-bond donors (Lipinski definition) is 3. The number of urea groups is 1. The lowest BCUT2D eigenvalue weighted by Gasteiger charge is -2.57. The first-order valence-corrected chi connectivity index (χ1v) is 49.4. The first kappa shape index (κ1) is 131. The number of H-pyrrole nitrogens is 2. The third-order valence-corrected chi connectivity index (χ3v) is 19.9. The summed E-state index contributed by atoms with van der Waals surface area (Å²) in [5.41, 5.74) is 0.184. The molecule has 2 aliphatic rings. The average molecular weight is 1740 g/mol. The van der Waals surface area contributed by atoms with E-state index in [1.54, 1.807) is 43.9 Å². The second-order valence-electron chi connectivity index (χ2n) is 41.7. The van der Waals surface area contributed by atoms with Gasteiger partial charge < -0.3 is 14.0 Å². The third kappa shape index (κ3) is 78.1. The Morgan fingerprint density at radius 2 is 0.782 bits per heavy atom. The van der Waals surface area contributed by atoms with Crippen LogP contribution in [-0.4, -0.2) is 57.7 Å². The predicted molar refractivity (Wildman–Crippen MR) is 546 cm³/mol. The van der Waals surface area contributed by atoms with Crippen LogP contribution in [0.2, 0.25) is 0 Å². The highest BCUT2D eigenvalue weighted by atomic mass is 16.2. The van der Waals surface area contributed by atoms with E-state index in [1.165, 1.54) is 123 Å². The molecule has 16 heteroatoms. The van der Waals surface area contributed by atoms with Crippen molar-refractivity contribution in [3.63, 3.8) is 0 Å². The minimum Gasteiger partial charge on any atom is -0.320 e. The smallest absolute Gasteiger partial charge is 0.320 e. The summed E-state index contributed by atoms with van der Waals surface area (Å²) >= 11 is 0. The Balaban J connectivity index is -0.000000247. The van der Waals surface area contributed by atoms with E-state index in [0.29, 0.717) is 96.1 Å². The minimum absolute atomic E-state index is 0.00334. The van der Waals surface area contributed by atoms with Crippen molar-refractivity contribution < 1.29 is 9.59 Å². The molecule has 5 rings (SSSR count). The molecule has 2 fully saturated rings. The van der Waals surface area contributed by atoms with E-state index in [0.717, 1.165) is 85.5 Å². The molecule has 3 aromatic heterocycles. The number of carbonyl (C=O) groups is 2. The lowest BCUT2D eigenvalue weighted by atomic mass is 9.58. The molecule has 1 saturated heterocycles. The number of terminal acetylenes is 1. The molecule has 0 radical (unpaired) electrons. The highest BCUT2D eigenvalue weighted by Gasteiger charge is 2.57. The van der Waals surface area contributed by atoms with Crippen LogP contribution >= 0.6 is 0 Å². The van der Waals surface area contributed by atoms with Crippen molar-refractivity contribution >= 4 is 11.9 Å². The average Bonchev–Trinajstić information content (AvgIpc) is 0.728. The maximum Gasteiger partial charge on any atom is 0.330 e. The zero-order valence-electron chi connectivity index (χ0n) is 88.8. The molecule has 0 bridgehead atoms. The normalized spacial score (nSPS) is 14.4. The van der Waals surface area contributed by atoms with Crippen LogP contribution in [0.25, 0.3) is 0 Å². The topological polar surface area (TPSA) is 203 Å². The maximum absolute atomic E-state index is 12.2. The van der Waals surface area contributed by atoms with Gasteiger partial charge in [0.1, 0.15) is 0 Å². The number of hydrogen-bond acceptors (Lipinski definition) is 8. The summed E-state index contributed by atoms with van der Waals surface area (Å²) in [6, 6.07) is -0.0567. The molecule has 3 amide bonds. The summed E-state index contributed by atoms with van der Waals surface area (Å²) in [5, 5.41) is 2.53. The zero-order valence-corrected chi connectivity index (χ0v) is 88.8. The molecule has 4 unspecified atom stereocenters. The summed E-state index contributed by atoms with van der Waals surface area (Å²) in [4.78, 5) is 99.3. The second-order valence-corrected chi connectivity index (χ2v) is 41.7. The fourth-order valence-electron chi connectivity index (χ4n) is 13.1. The molecule has 0 aromatic carbocycles. The molecule has 4 heterocycles. The lowest BCUT2D eigenvalue weighted by molar-refractivity contribution is -0.146. The Morgan fingerprint density at radius 3 is 1.08 bits per heavy atom. The molecular weight excluding hydrogens is 1540 g/mol. The lowest BCUT2D eigenvalue weighted by Crippen LogP contribution is -2.71. The number of nitrogens with zero attached hydrogens (tertiary/aromatic N) is 5. The second kappa shape index (κ2) is 80.1. The molecular formula is C108H206N8O8. The number of unbranched alkanes of at least 4 members (excludes halogenated alkanes) is 2. The Bertz CT molecular complexity index is 3440. The van der Waals surface area contributed by atoms with Gasteiger partial charge in [-0.3, -0.25) is 43.6 Å². The van der Waals surface area contributed by atoms with Crippen molar-refractivity contribution in [3.05, 3.63) is 135 Å². The van der Waals surface area contributed by atoms with Gasteiger partial charge in [0.25, 0.3) is 16.7 Å². The van der Waals surface area contributed by atoms with Crippen LogP contribution in [0.3, 0.4) is 0 Å². The van der Waals surface area contributed by atoms with Gasteiger partial charge in [0.05, 0.1) is 5.92 Å². The van der Waals surface area contributed by atoms with Crippen molar-refractivity contribution in [1.82, 2.24) is 38.5 Å². The van der Waals surface area contributed by atoms with E-state index >= 15 is 0 Å². The minimum atomic E-state index is -0.329. The van der Waals surface area contributed by atoms with Crippen LogP contribution < -0.4 is 39.1 Å². The molecule has 16 nitrogen and oxygen atoms in total. The van der Waals surface area contributed by atoms with E-state index in [2.05, 4.69) is 281 Å². The fraction of sp³-hybridized carbons (Fsp3) is 0.796. The molecule has 3 aromatic rings. The number of nitrogens with one attached hydrogen (secondary N) is 3. The van der Waals surface area contributed by atoms with Gasteiger partial charge in [-0.05, 0) is 186 Å². The zero-order chi connectivity index (χ0) is 97.7. The van der Waals surface area contributed by atoms with Gasteiger partial charge in [0.2, 0.25) is 5.91 Å². The SMILES string of the molecule is C#CCC(C)C.C=CCC(C)C.CC(C)CC=CCCC(C)C.CC(C)CCC1C(C)C2C(=O)NC(=O)N(CC(C)C)C12.CC(C)CCCCCC(C)C.CC=CCCC(C)C.CCCC(C)C.CCCC(C)C.CCCC(C)C.Cc1cn(CC(C)C)c(=O)[nH]c1=O.Cc1cn(CC(C)C)c(=O)[nH]c1=O.Cc1cn(CC(C)C)c(=O)n(CCC(C)C)c1=O. The number of fused-ring (bicyclic) bond motifs is 1. The van der Waals surface area contributed by atoms with E-state index in [9.17, 15) is 38.4 Å². The number of allylic oxidation sites excluding steroid dienone is 5. The largest absolute Gasteiger partial charge is 0.330 e. The molecule has 3 N–H and O–H groups in total. The quantitative estimate of drug-likeness (QED) is 0.0287. The monoisotopic (exact) mass is 1740 g/mol. The van der Waals surface area contributed by atoms with Gasteiger partial charge in [-0.25, -0.2) is 19.2 Å². The van der Waals surface area contributed by atoms with Crippen LogP contribution in [0.15, 0.2) is 84.3 Å². The van der Waals surface area contributed by atoms with E-state index < -0.39 is 0 Å². The number of aryl methyl sites for hydroxylation is 3. The van der Waals surface area contributed by atoms with Crippen LogP contribution in [0.5, 0.6) is 0 Å². The summed E-state index contributed by atoms with van der Waals surface area (Å²) in [7, 11) is 0. The summed E-state index contributed by atoms with van der Waals surface area (Å²) in [5.74, 6) is 14.6. The van der Waals surface area contributed by atoms with E-state index in [1.807, 2.05) is 38.7 Å². The fourth-order valence-corrected chi connectivity index (χ4v) is 13.1. The van der Waals surface area contributed by atoms with Crippen molar-refractivity contribution in [1.29, 1.82) is 0 Å². The van der Waals surface area contributed by atoms with Gasteiger partial charge in [0, 0.05) is 80.5 Å². The van der Waals surface area contributed by atoms with Crippen molar-refractivity contribution in [2.45, 2.75) is 444 Å².